The maximum absolute atomic E-state index is 14.0. The van der Waals surface area contributed by atoms with Gasteiger partial charge in [-0.2, -0.15) is 0 Å². The molecule has 0 aliphatic heterocycles. The number of aliphatic hydroxyl groups excluding tert-OH is 1. The molecule has 254 valence electrons. The normalized spacial score (nSPS) is 12.4. The van der Waals surface area contributed by atoms with Gasteiger partial charge in [0.25, 0.3) is 0 Å². The Bertz CT molecular complexity index is 1580. The van der Waals surface area contributed by atoms with E-state index in [1.165, 1.54) is 48.5 Å². The first-order chi connectivity index (χ1) is 22.1. The quantitative estimate of drug-likeness (QED) is 0.195. The van der Waals surface area contributed by atoms with E-state index in [2.05, 4.69) is 26.3 Å². The van der Waals surface area contributed by atoms with Crippen LogP contribution in [-0.4, -0.2) is 83.6 Å². The molecule has 47 heavy (non-hydrogen) atoms. The van der Waals surface area contributed by atoms with Crippen LogP contribution in [0.15, 0.2) is 48.7 Å². The van der Waals surface area contributed by atoms with E-state index in [1.807, 2.05) is 0 Å². The minimum atomic E-state index is -0.987. The third kappa shape index (κ3) is 11.7. The number of halogens is 2. The molecule has 1 aromatic heterocycles. The average molecular weight is 659 g/mol. The Labute approximate surface area is 271 Å². The molecule has 3 aromatic rings. The fourth-order valence-electron chi connectivity index (χ4n) is 4.26. The molecule has 0 fully saturated rings. The molecule has 0 aliphatic carbocycles. The number of nitrogens with one attached hydrogen (secondary N) is 4. The van der Waals surface area contributed by atoms with Crippen LogP contribution in [0.2, 0.25) is 0 Å². The SMILES string of the molecule is Cc1c(F)cccc1CNC(=O)N(C)[C@H](COC(=O)Nc1cc2cc(F)ccc2cn1)CC(=O)NC[C@H](CO)NC(=O)OC(C)(C)C. The Morgan fingerprint density at radius 2 is 1.77 bits per heavy atom. The molecule has 13 nitrogen and oxygen atoms in total. The summed E-state index contributed by atoms with van der Waals surface area (Å²) in [5.41, 5.74) is 0.148. The Morgan fingerprint density at radius 1 is 1.02 bits per heavy atom. The molecule has 0 saturated heterocycles. The monoisotopic (exact) mass is 658 g/mol. The zero-order valence-electron chi connectivity index (χ0n) is 26.9. The first kappa shape index (κ1) is 36.4. The smallest absolute Gasteiger partial charge is 0.412 e. The van der Waals surface area contributed by atoms with Gasteiger partial charge >= 0.3 is 18.2 Å². The van der Waals surface area contributed by atoms with Crippen LogP contribution in [0.1, 0.15) is 38.3 Å². The van der Waals surface area contributed by atoms with Crippen molar-refractivity contribution >= 4 is 40.7 Å². The molecule has 0 aliphatic rings. The molecule has 2 atom stereocenters. The second kappa shape index (κ2) is 16.5. The number of anilines is 1. The van der Waals surface area contributed by atoms with Crippen LogP contribution in [0.5, 0.6) is 0 Å². The number of rotatable bonds is 12. The first-order valence-electron chi connectivity index (χ1n) is 14.8. The van der Waals surface area contributed by atoms with Gasteiger partial charge in [0.1, 0.15) is 29.7 Å². The third-order valence-corrected chi connectivity index (χ3v) is 6.91. The van der Waals surface area contributed by atoms with Crippen LogP contribution in [0, 0.1) is 18.6 Å². The predicted octanol–water partition coefficient (Wildman–Crippen LogP) is 3.97. The number of fused-ring (bicyclic) bond motifs is 1. The highest BCUT2D eigenvalue weighted by molar-refractivity contribution is 5.89. The summed E-state index contributed by atoms with van der Waals surface area (Å²) < 4.78 is 38.1. The van der Waals surface area contributed by atoms with Gasteiger partial charge in [-0.15, -0.1) is 0 Å². The minimum absolute atomic E-state index is 0.00420. The Morgan fingerprint density at radius 3 is 2.47 bits per heavy atom. The second-order valence-corrected chi connectivity index (χ2v) is 11.8. The van der Waals surface area contributed by atoms with E-state index in [1.54, 1.807) is 39.8 Å². The van der Waals surface area contributed by atoms with Gasteiger partial charge in [-0.3, -0.25) is 10.1 Å². The molecule has 0 radical (unpaired) electrons. The van der Waals surface area contributed by atoms with Crippen molar-refractivity contribution in [3.8, 4) is 0 Å². The predicted molar refractivity (Wildman–Crippen MR) is 169 cm³/mol. The molecule has 0 saturated carbocycles. The van der Waals surface area contributed by atoms with E-state index < -0.39 is 66.7 Å². The van der Waals surface area contributed by atoms with Gasteiger partial charge in [-0.05, 0) is 74.5 Å². The van der Waals surface area contributed by atoms with E-state index in [-0.39, 0.29) is 25.3 Å². The first-order valence-corrected chi connectivity index (χ1v) is 14.8. The number of alkyl carbamates (subject to hydrolysis) is 1. The Balaban J connectivity index is 1.65. The fourth-order valence-corrected chi connectivity index (χ4v) is 4.26. The number of hydrogen-bond acceptors (Lipinski definition) is 8. The van der Waals surface area contributed by atoms with E-state index >= 15 is 0 Å². The van der Waals surface area contributed by atoms with Gasteiger partial charge < -0.3 is 35.4 Å². The van der Waals surface area contributed by atoms with Crippen molar-refractivity contribution < 1.29 is 42.5 Å². The third-order valence-electron chi connectivity index (χ3n) is 6.91. The van der Waals surface area contributed by atoms with Crippen LogP contribution in [0.4, 0.5) is 29.0 Å². The highest BCUT2D eigenvalue weighted by atomic mass is 19.1. The van der Waals surface area contributed by atoms with Gasteiger partial charge in [-0.1, -0.05) is 12.1 Å². The molecule has 0 unspecified atom stereocenters. The number of carbonyl (C=O) groups is 4. The lowest BCUT2D eigenvalue weighted by atomic mass is 10.1. The van der Waals surface area contributed by atoms with Crippen molar-refractivity contribution in [2.75, 3.05) is 32.1 Å². The molecule has 15 heteroatoms. The van der Waals surface area contributed by atoms with Crippen molar-refractivity contribution in [1.82, 2.24) is 25.8 Å². The molecule has 0 spiro atoms. The standard InChI is InChI=1S/C32H40F2N6O7/c1-19-20(7-6-8-26(19)34)14-37-29(43)40(5)25(13-28(42)36-16-24(17-41)38-31(45)47-32(2,3)4)18-46-30(44)39-27-12-22-11-23(33)10-9-21(22)15-35-27/h6-12,15,24-25,41H,13-14,16-18H2,1-5H3,(H,36,42)(H,37,43)(H,38,45)(H,35,39,44)/t24-,25+/m1/s1. The summed E-state index contributed by atoms with van der Waals surface area (Å²) in [7, 11) is 1.40. The topological polar surface area (TPSA) is 171 Å². The molecule has 1 heterocycles. The summed E-state index contributed by atoms with van der Waals surface area (Å²) in [6.45, 7) is 5.52. The Hall–Kier alpha value is -5.05. The van der Waals surface area contributed by atoms with Crippen LogP contribution in [-0.2, 0) is 20.8 Å². The number of nitrogens with zero attached hydrogens (tertiary/aromatic N) is 2. The highest BCUT2D eigenvalue weighted by Gasteiger charge is 2.26. The summed E-state index contributed by atoms with van der Waals surface area (Å²) in [4.78, 5) is 56.0. The number of urea groups is 1. The number of amides is 5. The molecule has 5 amide bonds. The number of likely N-dealkylation sites (N-methyl/N-ethyl adjacent to an activating group) is 1. The number of aliphatic hydroxyl groups is 1. The number of benzene rings is 2. The Kier molecular flexibility index (Phi) is 12.8. The van der Waals surface area contributed by atoms with E-state index in [9.17, 15) is 33.1 Å². The lowest BCUT2D eigenvalue weighted by Gasteiger charge is -2.28. The summed E-state index contributed by atoms with van der Waals surface area (Å²) in [6.07, 6.45) is -0.606. The van der Waals surface area contributed by atoms with Crippen molar-refractivity contribution in [1.29, 1.82) is 0 Å². The zero-order chi connectivity index (χ0) is 34.7. The van der Waals surface area contributed by atoms with Gasteiger partial charge in [0, 0.05) is 31.7 Å². The van der Waals surface area contributed by atoms with Gasteiger partial charge in [0.2, 0.25) is 5.91 Å². The van der Waals surface area contributed by atoms with Crippen LogP contribution < -0.4 is 21.3 Å². The van der Waals surface area contributed by atoms with E-state index in [0.717, 1.165) is 0 Å². The second-order valence-electron chi connectivity index (χ2n) is 11.8. The number of carbonyl (C=O) groups excluding carboxylic acids is 4. The molecule has 2 aromatic carbocycles. The van der Waals surface area contributed by atoms with Crippen LogP contribution >= 0.6 is 0 Å². The van der Waals surface area contributed by atoms with Gasteiger partial charge in [0.05, 0.1) is 25.1 Å². The average Bonchev–Trinajstić information content (AvgIpc) is 3.00. The molecule has 0 bridgehead atoms. The lowest BCUT2D eigenvalue weighted by Crippen LogP contribution is -2.50. The van der Waals surface area contributed by atoms with E-state index in [4.69, 9.17) is 9.47 Å². The van der Waals surface area contributed by atoms with Crippen LogP contribution in [0.3, 0.4) is 0 Å². The number of hydrogen-bond donors (Lipinski definition) is 5. The van der Waals surface area contributed by atoms with Crippen molar-refractivity contribution in [3.05, 3.63) is 71.4 Å². The number of aromatic nitrogens is 1. The van der Waals surface area contributed by atoms with E-state index in [0.29, 0.717) is 21.9 Å². The number of ether oxygens (including phenoxy) is 2. The maximum atomic E-state index is 14.0. The van der Waals surface area contributed by atoms with Crippen LogP contribution in [0.25, 0.3) is 10.8 Å². The minimum Gasteiger partial charge on any atom is -0.447 e. The highest BCUT2D eigenvalue weighted by Crippen LogP contribution is 2.18. The summed E-state index contributed by atoms with van der Waals surface area (Å²) in [6, 6.07) is 7.57. The molecule has 3 rings (SSSR count). The fraction of sp³-hybridized carbons (Fsp3) is 0.406. The van der Waals surface area contributed by atoms with Crippen molar-refractivity contribution in [2.45, 2.75) is 58.3 Å². The summed E-state index contributed by atoms with van der Waals surface area (Å²) in [5, 5.41) is 21.0. The molecule has 5 N–H and O–H groups in total. The van der Waals surface area contributed by atoms with Crippen molar-refractivity contribution in [2.24, 2.45) is 0 Å². The van der Waals surface area contributed by atoms with Gasteiger partial charge in [0.15, 0.2) is 0 Å². The van der Waals surface area contributed by atoms with Gasteiger partial charge in [-0.25, -0.2) is 28.1 Å². The maximum Gasteiger partial charge on any atom is 0.412 e. The lowest BCUT2D eigenvalue weighted by molar-refractivity contribution is -0.122. The zero-order valence-corrected chi connectivity index (χ0v) is 26.9. The largest absolute Gasteiger partial charge is 0.447 e. The summed E-state index contributed by atoms with van der Waals surface area (Å²) >= 11 is 0. The summed E-state index contributed by atoms with van der Waals surface area (Å²) in [5.74, 6) is -1.38. The molecular formula is C32H40F2N6O7. The number of pyridine rings is 1. The molecular weight excluding hydrogens is 618 g/mol. The van der Waals surface area contributed by atoms with Crippen molar-refractivity contribution in [3.63, 3.8) is 0 Å².